The third kappa shape index (κ3) is 4.20. The molecule has 0 bridgehead atoms. The molecular weight excluding hydrogens is 413 g/mol. The Morgan fingerprint density at radius 3 is 2.59 bits per heavy atom. The minimum absolute atomic E-state index is 0.0617. The summed E-state index contributed by atoms with van der Waals surface area (Å²) in [7, 11) is -3.64. The lowest BCUT2D eigenvalue weighted by Gasteiger charge is -2.23. The van der Waals surface area contributed by atoms with Gasteiger partial charge < -0.3 is 4.74 Å². The number of ether oxygens (including phenoxy) is 1. The molecule has 1 aromatic heterocycles. The topological polar surface area (TPSA) is 81.5 Å². The Morgan fingerprint density at radius 2 is 2.00 bits per heavy atom. The summed E-state index contributed by atoms with van der Waals surface area (Å²) in [5.74, 6) is 0.206. The predicted octanol–water partition coefficient (Wildman–Crippen LogP) is 2.59. The SMILES string of the molecule is CCN(CC1CCOC1)S(=O)(=O)c1ccc(-n2ncc(Cl)c(Cl)c2=O)cc1. The van der Waals surface area contributed by atoms with Crippen molar-refractivity contribution in [1.29, 1.82) is 0 Å². The molecule has 1 saturated heterocycles. The van der Waals surface area contributed by atoms with Crippen LogP contribution in [0.4, 0.5) is 0 Å². The smallest absolute Gasteiger partial charge is 0.291 e. The largest absolute Gasteiger partial charge is 0.381 e. The van der Waals surface area contributed by atoms with Gasteiger partial charge in [0.25, 0.3) is 5.56 Å². The number of hydrogen-bond acceptors (Lipinski definition) is 5. The van der Waals surface area contributed by atoms with Crippen LogP contribution in [0.15, 0.2) is 40.2 Å². The molecule has 3 rings (SSSR count). The molecule has 1 aromatic carbocycles. The Balaban J connectivity index is 1.87. The lowest BCUT2D eigenvalue weighted by molar-refractivity contribution is 0.181. The number of sulfonamides is 1. The van der Waals surface area contributed by atoms with E-state index >= 15 is 0 Å². The van der Waals surface area contributed by atoms with Crippen molar-refractivity contribution in [2.75, 3.05) is 26.3 Å². The van der Waals surface area contributed by atoms with Crippen molar-refractivity contribution in [3.05, 3.63) is 50.9 Å². The number of hydrogen-bond donors (Lipinski definition) is 0. The molecule has 2 aromatic rings. The third-order valence-corrected chi connectivity index (χ3v) is 7.14. The highest BCUT2D eigenvalue weighted by molar-refractivity contribution is 7.89. The summed E-state index contributed by atoms with van der Waals surface area (Å²) in [5, 5.41) is 3.86. The van der Waals surface area contributed by atoms with Crippen LogP contribution in [0, 0.1) is 5.92 Å². The zero-order valence-corrected chi connectivity index (χ0v) is 17.0. The van der Waals surface area contributed by atoms with Gasteiger partial charge in [-0.2, -0.15) is 14.1 Å². The van der Waals surface area contributed by atoms with Gasteiger partial charge in [0.1, 0.15) is 5.02 Å². The molecule has 146 valence electrons. The molecule has 1 fully saturated rings. The fourth-order valence-corrected chi connectivity index (χ4v) is 4.70. The van der Waals surface area contributed by atoms with E-state index in [4.69, 9.17) is 27.9 Å². The van der Waals surface area contributed by atoms with E-state index in [1.54, 1.807) is 6.92 Å². The summed E-state index contributed by atoms with van der Waals surface area (Å²) in [5.41, 5.74) is -0.180. The second-order valence-corrected chi connectivity index (χ2v) is 8.93. The third-order valence-electron chi connectivity index (χ3n) is 4.43. The van der Waals surface area contributed by atoms with Crippen LogP contribution in [0.1, 0.15) is 13.3 Å². The van der Waals surface area contributed by atoms with Gasteiger partial charge in [-0.3, -0.25) is 4.79 Å². The molecule has 2 heterocycles. The van der Waals surface area contributed by atoms with Crippen molar-refractivity contribution in [2.45, 2.75) is 18.2 Å². The van der Waals surface area contributed by atoms with Crippen LogP contribution in [-0.2, 0) is 14.8 Å². The number of aromatic nitrogens is 2. The van der Waals surface area contributed by atoms with E-state index in [1.165, 1.54) is 34.8 Å². The molecule has 10 heteroatoms. The van der Waals surface area contributed by atoms with E-state index in [2.05, 4.69) is 5.10 Å². The second kappa shape index (κ2) is 8.28. The maximum atomic E-state index is 12.9. The number of benzene rings is 1. The summed E-state index contributed by atoms with van der Waals surface area (Å²) in [6.45, 7) is 3.85. The molecule has 0 radical (unpaired) electrons. The Morgan fingerprint density at radius 1 is 1.30 bits per heavy atom. The van der Waals surface area contributed by atoms with Crippen LogP contribution in [0.2, 0.25) is 10.0 Å². The number of rotatable bonds is 6. The lowest BCUT2D eigenvalue weighted by Crippen LogP contribution is -2.35. The van der Waals surface area contributed by atoms with Crippen LogP contribution in [-0.4, -0.2) is 48.8 Å². The van der Waals surface area contributed by atoms with E-state index in [0.717, 1.165) is 11.1 Å². The molecule has 1 aliphatic heterocycles. The lowest BCUT2D eigenvalue weighted by atomic mass is 10.1. The zero-order valence-electron chi connectivity index (χ0n) is 14.6. The molecular formula is C17H19Cl2N3O4S. The van der Waals surface area contributed by atoms with Gasteiger partial charge in [0.2, 0.25) is 10.0 Å². The van der Waals surface area contributed by atoms with Gasteiger partial charge in [-0.15, -0.1) is 0 Å². The minimum atomic E-state index is -3.64. The molecule has 0 saturated carbocycles. The average Bonchev–Trinajstić information content (AvgIpc) is 3.17. The summed E-state index contributed by atoms with van der Waals surface area (Å²) >= 11 is 11.6. The summed E-state index contributed by atoms with van der Waals surface area (Å²) in [6, 6.07) is 5.93. The maximum Gasteiger partial charge on any atom is 0.291 e. The summed E-state index contributed by atoms with van der Waals surface area (Å²) in [4.78, 5) is 12.3. The van der Waals surface area contributed by atoms with Crippen LogP contribution in [0.3, 0.4) is 0 Å². The molecule has 0 N–H and O–H groups in total. The van der Waals surface area contributed by atoms with E-state index in [0.29, 0.717) is 32.0 Å². The van der Waals surface area contributed by atoms with E-state index in [1.807, 2.05) is 0 Å². The molecule has 1 unspecified atom stereocenters. The monoisotopic (exact) mass is 431 g/mol. The fourth-order valence-electron chi connectivity index (χ4n) is 2.92. The molecule has 1 aliphatic rings. The van der Waals surface area contributed by atoms with Crippen molar-refractivity contribution >= 4 is 33.2 Å². The first-order valence-corrected chi connectivity index (χ1v) is 10.7. The Labute approximate surface area is 167 Å². The first-order valence-electron chi connectivity index (χ1n) is 8.46. The van der Waals surface area contributed by atoms with Crippen molar-refractivity contribution in [3.63, 3.8) is 0 Å². The number of halogens is 2. The first-order chi connectivity index (χ1) is 12.8. The normalized spacial score (nSPS) is 17.6. The van der Waals surface area contributed by atoms with Crippen LogP contribution in [0.25, 0.3) is 5.69 Å². The van der Waals surface area contributed by atoms with Crippen LogP contribution in [0.5, 0.6) is 0 Å². The van der Waals surface area contributed by atoms with Gasteiger partial charge in [-0.05, 0) is 36.6 Å². The van der Waals surface area contributed by atoms with Crippen molar-refractivity contribution in [1.82, 2.24) is 14.1 Å². The van der Waals surface area contributed by atoms with E-state index in [-0.39, 0.29) is 20.9 Å². The molecule has 1 atom stereocenters. The van der Waals surface area contributed by atoms with Crippen molar-refractivity contribution < 1.29 is 13.2 Å². The standard InChI is InChI=1S/C17H19Cl2N3O4S/c1-2-21(10-12-7-8-26-11-12)27(24,25)14-5-3-13(4-6-14)22-17(23)16(19)15(18)9-20-22/h3-6,9,12H,2,7-8,10-11H2,1H3. The van der Waals surface area contributed by atoms with Gasteiger partial charge in [0, 0.05) is 19.7 Å². The van der Waals surface area contributed by atoms with E-state index in [9.17, 15) is 13.2 Å². The molecule has 0 spiro atoms. The van der Waals surface area contributed by atoms with Crippen molar-refractivity contribution in [2.24, 2.45) is 5.92 Å². The Hall–Kier alpha value is -1.45. The highest BCUT2D eigenvalue weighted by Crippen LogP contribution is 2.22. The Bertz CT molecular complexity index is 971. The van der Waals surface area contributed by atoms with Gasteiger partial charge in [-0.1, -0.05) is 30.1 Å². The molecule has 0 aliphatic carbocycles. The van der Waals surface area contributed by atoms with Crippen LogP contribution < -0.4 is 5.56 Å². The second-order valence-electron chi connectivity index (χ2n) is 6.20. The minimum Gasteiger partial charge on any atom is -0.381 e. The van der Waals surface area contributed by atoms with Gasteiger partial charge in [0.15, 0.2) is 0 Å². The van der Waals surface area contributed by atoms with Gasteiger partial charge >= 0.3 is 0 Å². The zero-order chi connectivity index (χ0) is 19.6. The maximum absolute atomic E-state index is 12.9. The van der Waals surface area contributed by atoms with Crippen LogP contribution >= 0.6 is 23.2 Å². The highest BCUT2D eigenvalue weighted by Gasteiger charge is 2.27. The first kappa shape index (κ1) is 20.3. The van der Waals surface area contributed by atoms with Crippen molar-refractivity contribution in [3.8, 4) is 5.69 Å². The van der Waals surface area contributed by atoms with Gasteiger partial charge in [0.05, 0.1) is 28.4 Å². The quantitative estimate of drug-likeness (QED) is 0.701. The number of nitrogens with zero attached hydrogens (tertiary/aromatic N) is 3. The molecule has 0 amide bonds. The highest BCUT2D eigenvalue weighted by atomic mass is 35.5. The van der Waals surface area contributed by atoms with Gasteiger partial charge in [-0.25, -0.2) is 8.42 Å². The average molecular weight is 432 g/mol. The predicted molar refractivity (Wildman–Crippen MR) is 103 cm³/mol. The summed E-state index contributed by atoms with van der Waals surface area (Å²) in [6.07, 6.45) is 2.12. The summed E-state index contributed by atoms with van der Waals surface area (Å²) < 4.78 is 33.7. The Kier molecular flexibility index (Phi) is 6.22. The van der Waals surface area contributed by atoms with E-state index < -0.39 is 15.6 Å². The molecule has 27 heavy (non-hydrogen) atoms. The fraction of sp³-hybridized carbons (Fsp3) is 0.412. The molecule has 7 nitrogen and oxygen atoms in total.